The molecule has 1 atom stereocenters. The Morgan fingerprint density at radius 3 is 2.77 bits per heavy atom. The zero-order valence-corrected chi connectivity index (χ0v) is 14.0. The van der Waals surface area contributed by atoms with Crippen molar-refractivity contribution in [1.29, 1.82) is 0 Å². The molecule has 1 heterocycles. The van der Waals surface area contributed by atoms with E-state index in [2.05, 4.69) is 21.2 Å². The molecule has 116 valence electrons. The molecule has 2 aromatic rings. The first-order valence-electron chi connectivity index (χ1n) is 6.43. The molecule has 0 aliphatic heterocycles. The van der Waals surface area contributed by atoms with Gasteiger partial charge in [0.1, 0.15) is 0 Å². The van der Waals surface area contributed by atoms with Crippen LogP contribution in [0.1, 0.15) is 29.1 Å². The highest BCUT2D eigenvalue weighted by Gasteiger charge is 2.15. The number of carbonyl (C=O) groups excluding carboxylic acids is 2. The number of amides is 1. The SMILES string of the molecule is C[C@@H](NC(=O)COC(=O)c1ccc(Br)o1)c1cccc(Cl)c1. The summed E-state index contributed by atoms with van der Waals surface area (Å²) in [6.07, 6.45) is 0. The van der Waals surface area contributed by atoms with Gasteiger partial charge in [0.15, 0.2) is 11.3 Å². The van der Waals surface area contributed by atoms with E-state index in [1.54, 1.807) is 24.3 Å². The third-order valence-corrected chi connectivity index (χ3v) is 3.50. The summed E-state index contributed by atoms with van der Waals surface area (Å²) in [5, 5.41) is 3.31. The molecule has 1 aromatic heterocycles. The monoisotopic (exact) mass is 385 g/mol. The van der Waals surface area contributed by atoms with E-state index in [-0.39, 0.29) is 18.4 Å². The zero-order valence-electron chi connectivity index (χ0n) is 11.6. The minimum absolute atomic E-state index is 0.0302. The lowest BCUT2D eigenvalue weighted by Crippen LogP contribution is -2.31. The third-order valence-electron chi connectivity index (χ3n) is 2.83. The summed E-state index contributed by atoms with van der Waals surface area (Å²) in [7, 11) is 0. The van der Waals surface area contributed by atoms with Gasteiger partial charge in [-0.1, -0.05) is 23.7 Å². The molecule has 0 aliphatic carbocycles. The fraction of sp³-hybridized carbons (Fsp3) is 0.200. The lowest BCUT2D eigenvalue weighted by Gasteiger charge is -2.14. The van der Waals surface area contributed by atoms with Crippen molar-refractivity contribution in [2.75, 3.05) is 6.61 Å². The molecule has 5 nitrogen and oxygen atoms in total. The average Bonchev–Trinajstić information content (AvgIpc) is 2.91. The molecule has 0 aliphatic rings. The lowest BCUT2D eigenvalue weighted by atomic mass is 10.1. The van der Waals surface area contributed by atoms with E-state index in [9.17, 15) is 9.59 Å². The van der Waals surface area contributed by atoms with Gasteiger partial charge in [-0.05, 0) is 52.7 Å². The van der Waals surface area contributed by atoms with Gasteiger partial charge in [0.25, 0.3) is 5.91 Å². The quantitative estimate of drug-likeness (QED) is 0.795. The summed E-state index contributed by atoms with van der Waals surface area (Å²) in [6.45, 7) is 1.43. The molecule has 0 saturated heterocycles. The second kappa shape index (κ2) is 7.47. The van der Waals surface area contributed by atoms with Crippen molar-refractivity contribution >= 4 is 39.4 Å². The topological polar surface area (TPSA) is 68.5 Å². The molecule has 1 amide bonds. The average molecular weight is 387 g/mol. The molecule has 1 aromatic carbocycles. The number of hydrogen-bond donors (Lipinski definition) is 1. The molecule has 0 bridgehead atoms. The van der Waals surface area contributed by atoms with Crippen LogP contribution in [0, 0.1) is 0 Å². The Morgan fingerprint density at radius 1 is 1.36 bits per heavy atom. The van der Waals surface area contributed by atoms with Crippen molar-refractivity contribution < 1.29 is 18.7 Å². The van der Waals surface area contributed by atoms with E-state index >= 15 is 0 Å². The summed E-state index contributed by atoms with van der Waals surface area (Å²) < 4.78 is 10.3. The maximum absolute atomic E-state index is 11.8. The molecular weight excluding hydrogens is 374 g/mol. The zero-order chi connectivity index (χ0) is 16.1. The number of carbonyl (C=O) groups is 2. The van der Waals surface area contributed by atoms with Crippen LogP contribution in [0.4, 0.5) is 0 Å². The van der Waals surface area contributed by atoms with Gasteiger partial charge in [-0.25, -0.2) is 4.79 Å². The Kier molecular flexibility index (Phi) is 5.63. The number of nitrogens with one attached hydrogen (secondary N) is 1. The first-order valence-corrected chi connectivity index (χ1v) is 7.60. The van der Waals surface area contributed by atoms with Gasteiger partial charge in [0.05, 0.1) is 6.04 Å². The number of esters is 1. The largest absolute Gasteiger partial charge is 0.450 e. The summed E-state index contributed by atoms with van der Waals surface area (Å²) in [6, 6.07) is 9.94. The van der Waals surface area contributed by atoms with Gasteiger partial charge < -0.3 is 14.5 Å². The van der Waals surface area contributed by atoms with E-state index in [0.29, 0.717) is 9.69 Å². The number of rotatable bonds is 5. The van der Waals surface area contributed by atoms with Crippen molar-refractivity contribution in [2.24, 2.45) is 0 Å². The van der Waals surface area contributed by atoms with Gasteiger partial charge in [0, 0.05) is 5.02 Å². The Morgan fingerprint density at radius 2 is 2.14 bits per heavy atom. The highest BCUT2D eigenvalue weighted by Crippen LogP contribution is 2.17. The Labute approximate surface area is 140 Å². The first-order chi connectivity index (χ1) is 10.5. The molecule has 7 heteroatoms. The molecule has 22 heavy (non-hydrogen) atoms. The Bertz CT molecular complexity index is 686. The fourth-order valence-corrected chi connectivity index (χ4v) is 2.27. The molecule has 0 fully saturated rings. The summed E-state index contributed by atoms with van der Waals surface area (Å²) in [4.78, 5) is 23.4. The molecule has 0 unspecified atom stereocenters. The van der Waals surface area contributed by atoms with Crippen molar-refractivity contribution in [1.82, 2.24) is 5.32 Å². The van der Waals surface area contributed by atoms with Crippen molar-refractivity contribution in [3.63, 3.8) is 0 Å². The van der Waals surface area contributed by atoms with Gasteiger partial charge in [-0.3, -0.25) is 4.79 Å². The van der Waals surface area contributed by atoms with Crippen LogP contribution < -0.4 is 5.32 Å². The van der Waals surface area contributed by atoms with E-state index in [1.165, 1.54) is 6.07 Å². The second-order valence-electron chi connectivity index (χ2n) is 4.52. The van der Waals surface area contributed by atoms with Gasteiger partial charge >= 0.3 is 5.97 Å². The number of furan rings is 1. The Hall–Kier alpha value is -1.79. The smallest absolute Gasteiger partial charge is 0.374 e. The van der Waals surface area contributed by atoms with Crippen molar-refractivity contribution in [3.8, 4) is 0 Å². The van der Waals surface area contributed by atoms with E-state index in [1.807, 2.05) is 13.0 Å². The molecule has 0 radical (unpaired) electrons. The van der Waals surface area contributed by atoms with Crippen LogP contribution in [-0.4, -0.2) is 18.5 Å². The van der Waals surface area contributed by atoms with E-state index in [4.69, 9.17) is 20.8 Å². The van der Waals surface area contributed by atoms with Crippen LogP contribution >= 0.6 is 27.5 Å². The number of benzene rings is 1. The highest BCUT2D eigenvalue weighted by molar-refractivity contribution is 9.10. The maximum atomic E-state index is 11.8. The predicted octanol–water partition coefficient (Wildman–Crippen LogP) is 3.73. The molecule has 1 N–H and O–H groups in total. The van der Waals surface area contributed by atoms with Gasteiger partial charge in [-0.2, -0.15) is 0 Å². The minimum Gasteiger partial charge on any atom is -0.450 e. The van der Waals surface area contributed by atoms with Crippen LogP contribution in [0.25, 0.3) is 0 Å². The number of hydrogen-bond acceptors (Lipinski definition) is 4. The van der Waals surface area contributed by atoms with Crippen LogP contribution in [0.2, 0.25) is 5.02 Å². The fourth-order valence-electron chi connectivity index (χ4n) is 1.77. The first kappa shape index (κ1) is 16.6. The maximum Gasteiger partial charge on any atom is 0.374 e. The summed E-state index contributed by atoms with van der Waals surface area (Å²) >= 11 is 8.98. The molecule has 2 rings (SSSR count). The van der Waals surface area contributed by atoms with Crippen molar-refractivity contribution in [3.05, 3.63) is 57.4 Å². The lowest BCUT2D eigenvalue weighted by molar-refractivity contribution is -0.124. The standard InChI is InChI=1S/C15H13BrClNO4/c1-9(10-3-2-4-11(17)7-10)18-14(19)8-21-15(20)12-5-6-13(16)22-12/h2-7,9H,8H2,1H3,(H,18,19)/t9-/m1/s1. The van der Waals surface area contributed by atoms with E-state index < -0.39 is 11.9 Å². The van der Waals surface area contributed by atoms with Crippen LogP contribution in [-0.2, 0) is 9.53 Å². The molecule has 0 saturated carbocycles. The second-order valence-corrected chi connectivity index (χ2v) is 5.74. The summed E-state index contributed by atoms with van der Waals surface area (Å²) in [5.74, 6) is -1.08. The van der Waals surface area contributed by atoms with E-state index in [0.717, 1.165) is 5.56 Å². The third kappa shape index (κ3) is 4.61. The molecular formula is C15H13BrClNO4. The predicted molar refractivity (Wildman–Crippen MR) is 84.7 cm³/mol. The number of ether oxygens (including phenoxy) is 1. The minimum atomic E-state index is -0.698. The Balaban J connectivity index is 1.84. The van der Waals surface area contributed by atoms with Gasteiger partial charge in [-0.15, -0.1) is 0 Å². The van der Waals surface area contributed by atoms with Crippen molar-refractivity contribution in [2.45, 2.75) is 13.0 Å². The normalized spacial score (nSPS) is 11.8. The van der Waals surface area contributed by atoms with Crippen LogP contribution in [0.3, 0.4) is 0 Å². The highest BCUT2D eigenvalue weighted by atomic mass is 79.9. The molecule has 0 spiro atoms. The number of halogens is 2. The summed E-state index contributed by atoms with van der Waals surface area (Å²) in [5.41, 5.74) is 0.863. The van der Waals surface area contributed by atoms with Crippen LogP contribution in [0.15, 0.2) is 45.5 Å². The van der Waals surface area contributed by atoms with Gasteiger partial charge in [0.2, 0.25) is 5.76 Å². The van der Waals surface area contributed by atoms with Crippen LogP contribution in [0.5, 0.6) is 0 Å².